The zero-order valence-electron chi connectivity index (χ0n) is 7.72. The molecule has 0 unspecified atom stereocenters. The number of rotatable bonds is 3. The third-order valence-corrected chi connectivity index (χ3v) is 1.83. The summed E-state index contributed by atoms with van der Waals surface area (Å²) in [4.78, 5) is 22.0. The number of allylic oxidation sites excluding steroid dienone is 1. The summed E-state index contributed by atoms with van der Waals surface area (Å²) in [6.07, 6.45) is 4.72. The molecule has 0 spiro atoms. The van der Waals surface area contributed by atoms with E-state index < -0.39 is 0 Å². The highest BCUT2D eigenvalue weighted by atomic mass is 16.2. The van der Waals surface area contributed by atoms with Crippen LogP contribution in [0.1, 0.15) is 26.2 Å². The van der Waals surface area contributed by atoms with Gasteiger partial charge in [-0.05, 0) is 12.8 Å². The second-order valence-electron chi connectivity index (χ2n) is 2.99. The van der Waals surface area contributed by atoms with Crippen molar-refractivity contribution in [3.8, 4) is 0 Å². The maximum absolute atomic E-state index is 11.1. The van der Waals surface area contributed by atoms with E-state index in [0.717, 1.165) is 19.3 Å². The molecular weight excluding hydrogens is 168 g/mol. The van der Waals surface area contributed by atoms with Crippen molar-refractivity contribution in [2.24, 2.45) is 0 Å². The Labute approximate surface area is 77.4 Å². The van der Waals surface area contributed by atoms with E-state index in [4.69, 9.17) is 0 Å². The van der Waals surface area contributed by atoms with E-state index in [1.165, 1.54) is 0 Å². The second kappa shape index (κ2) is 4.64. The molecule has 1 aliphatic heterocycles. The zero-order chi connectivity index (χ0) is 9.68. The van der Waals surface area contributed by atoms with Gasteiger partial charge in [0.05, 0.1) is 6.54 Å². The fourth-order valence-electron chi connectivity index (χ4n) is 1.10. The first-order valence-electron chi connectivity index (χ1n) is 4.52. The first kappa shape index (κ1) is 9.77. The molecule has 1 aliphatic rings. The molecule has 0 bridgehead atoms. The van der Waals surface area contributed by atoms with Crippen molar-refractivity contribution in [3.05, 3.63) is 11.8 Å². The molecule has 4 heteroatoms. The predicted octanol–water partition coefficient (Wildman–Crippen LogP) is 0.307. The Hall–Kier alpha value is -1.32. The Morgan fingerprint density at radius 1 is 1.46 bits per heavy atom. The van der Waals surface area contributed by atoms with Crippen molar-refractivity contribution in [2.45, 2.75) is 26.2 Å². The third kappa shape index (κ3) is 2.89. The smallest absolute Gasteiger partial charge is 0.267 e. The Balaban J connectivity index is 2.50. The Bertz CT molecular complexity index is 246. The fourth-order valence-corrected chi connectivity index (χ4v) is 1.10. The topological polar surface area (TPSA) is 58.2 Å². The summed E-state index contributed by atoms with van der Waals surface area (Å²) in [5.74, 6) is -0.335. The molecule has 0 saturated carbocycles. The first-order chi connectivity index (χ1) is 6.24. The number of unbranched alkanes of at least 4 members (excludes halogenated alkanes) is 2. The Morgan fingerprint density at radius 2 is 2.23 bits per heavy atom. The average Bonchev–Trinajstić information content (AvgIpc) is 2.11. The van der Waals surface area contributed by atoms with Crippen LogP contribution in [0.3, 0.4) is 0 Å². The van der Waals surface area contributed by atoms with Crippen LogP contribution in [0, 0.1) is 0 Å². The maximum atomic E-state index is 11.1. The van der Waals surface area contributed by atoms with E-state index in [0.29, 0.717) is 5.70 Å². The van der Waals surface area contributed by atoms with Gasteiger partial charge in [0.25, 0.3) is 5.91 Å². The van der Waals surface area contributed by atoms with Gasteiger partial charge in [-0.2, -0.15) is 0 Å². The largest absolute Gasteiger partial charge is 0.342 e. The highest BCUT2D eigenvalue weighted by Crippen LogP contribution is 2.01. The normalized spacial score (nSPS) is 19.9. The second-order valence-corrected chi connectivity index (χ2v) is 2.99. The molecule has 2 amide bonds. The minimum absolute atomic E-state index is 0.0873. The molecule has 0 aromatic carbocycles. The van der Waals surface area contributed by atoms with Crippen molar-refractivity contribution in [1.82, 2.24) is 10.6 Å². The van der Waals surface area contributed by atoms with Gasteiger partial charge in [0.2, 0.25) is 5.91 Å². The molecule has 0 atom stereocenters. The van der Waals surface area contributed by atoms with E-state index in [2.05, 4.69) is 17.6 Å². The molecule has 1 rings (SSSR count). The van der Waals surface area contributed by atoms with Gasteiger partial charge in [0, 0.05) is 0 Å². The maximum Gasteiger partial charge on any atom is 0.267 e. The molecule has 0 radical (unpaired) electrons. The lowest BCUT2D eigenvalue weighted by Gasteiger charge is -2.15. The number of nitrogens with one attached hydrogen (secondary N) is 2. The number of amides is 2. The predicted molar refractivity (Wildman–Crippen MR) is 48.8 cm³/mol. The highest BCUT2D eigenvalue weighted by molar-refractivity contribution is 6.02. The molecule has 1 saturated heterocycles. The lowest BCUT2D eigenvalue weighted by atomic mass is 10.2. The molecule has 1 heterocycles. The Kier molecular flexibility index (Phi) is 3.49. The summed E-state index contributed by atoms with van der Waals surface area (Å²) in [7, 11) is 0. The number of carbonyl (C=O) groups excluding carboxylic acids is 2. The zero-order valence-corrected chi connectivity index (χ0v) is 7.72. The molecule has 4 nitrogen and oxygen atoms in total. The van der Waals surface area contributed by atoms with E-state index in [1.807, 2.05) is 0 Å². The highest BCUT2D eigenvalue weighted by Gasteiger charge is 2.18. The van der Waals surface area contributed by atoms with Crippen LogP contribution < -0.4 is 10.6 Å². The lowest BCUT2D eigenvalue weighted by Crippen LogP contribution is -2.47. The summed E-state index contributed by atoms with van der Waals surface area (Å²) in [6.45, 7) is 2.17. The summed E-state index contributed by atoms with van der Waals surface area (Å²) >= 11 is 0. The summed E-state index contributed by atoms with van der Waals surface area (Å²) < 4.78 is 0. The van der Waals surface area contributed by atoms with Gasteiger partial charge in [0.1, 0.15) is 5.70 Å². The van der Waals surface area contributed by atoms with Crippen LogP contribution in [0.15, 0.2) is 11.8 Å². The van der Waals surface area contributed by atoms with Crippen LogP contribution in [0.25, 0.3) is 0 Å². The van der Waals surface area contributed by atoms with Crippen molar-refractivity contribution >= 4 is 11.8 Å². The van der Waals surface area contributed by atoms with Crippen molar-refractivity contribution in [1.29, 1.82) is 0 Å². The summed E-state index contributed by atoms with van der Waals surface area (Å²) in [5, 5.41) is 5.02. The number of hydrogen-bond acceptors (Lipinski definition) is 2. The monoisotopic (exact) mass is 182 g/mol. The van der Waals surface area contributed by atoms with Crippen molar-refractivity contribution < 1.29 is 9.59 Å². The van der Waals surface area contributed by atoms with Gasteiger partial charge in [0.15, 0.2) is 0 Å². The van der Waals surface area contributed by atoms with Gasteiger partial charge >= 0.3 is 0 Å². The first-order valence-corrected chi connectivity index (χ1v) is 4.52. The fraction of sp³-hybridized carbons (Fsp3) is 0.556. The molecule has 0 aromatic heterocycles. The summed E-state index contributed by atoms with van der Waals surface area (Å²) in [6, 6.07) is 0. The van der Waals surface area contributed by atoms with Crippen LogP contribution in [0.5, 0.6) is 0 Å². The van der Waals surface area contributed by atoms with Crippen LogP contribution in [-0.2, 0) is 9.59 Å². The molecule has 1 fully saturated rings. The molecule has 0 aliphatic carbocycles. The Morgan fingerprint density at radius 3 is 2.92 bits per heavy atom. The lowest BCUT2D eigenvalue weighted by molar-refractivity contribution is -0.128. The molecule has 13 heavy (non-hydrogen) atoms. The van der Waals surface area contributed by atoms with Gasteiger partial charge in [-0.1, -0.05) is 19.4 Å². The summed E-state index contributed by atoms with van der Waals surface area (Å²) in [5.41, 5.74) is 0.393. The van der Waals surface area contributed by atoms with E-state index in [9.17, 15) is 9.59 Å². The SMILES string of the molecule is CCCC/C=C1/NC(=O)CNC1=O. The van der Waals surface area contributed by atoms with Gasteiger partial charge in [-0.25, -0.2) is 0 Å². The van der Waals surface area contributed by atoms with Gasteiger partial charge in [-0.15, -0.1) is 0 Å². The molecule has 2 N–H and O–H groups in total. The van der Waals surface area contributed by atoms with Crippen LogP contribution in [0.4, 0.5) is 0 Å². The minimum atomic E-state index is -0.185. The molecular formula is C9H14N2O2. The van der Waals surface area contributed by atoms with Crippen molar-refractivity contribution in [2.75, 3.05) is 6.54 Å². The number of carbonyl (C=O) groups is 2. The molecule has 72 valence electrons. The van der Waals surface area contributed by atoms with E-state index in [1.54, 1.807) is 6.08 Å². The molecule has 0 aromatic rings. The van der Waals surface area contributed by atoms with Crippen LogP contribution in [-0.4, -0.2) is 18.4 Å². The number of piperazine rings is 1. The quantitative estimate of drug-likeness (QED) is 0.487. The standard InChI is InChI=1S/C9H14N2O2/c1-2-3-4-5-7-9(13)10-6-8(12)11-7/h5H,2-4,6H2,1H3,(H,10,13)(H,11,12)/b7-5+. The minimum Gasteiger partial charge on any atom is -0.342 e. The van der Waals surface area contributed by atoms with Gasteiger partial charge in [-0.3, -0.25) is 9.59 Å². The van der Waals surface area contributed by atoms with Crippen LogP contribution >= 0.6 is 0 Å². The van der Waals surface area contributed by atoms with E-state index >= 15 is 0 Å². The van der Waals surface area contributed by atoms with Crippen molar-refractivity contribution in [3.63, 3.8) is 0 Å². The number of hydrogen-bond donors (Lipinski definition) is 2. The average molecular weight is 182 g/mol. The third-order valence-electron chi connectivity index (χ3n) is 1.83. The van der Waals surface area contributed by atoms with Crippen LogP contribution in [0.2, 0.25) is 0 Å². The van der Waals surface area contributed by atoms with E-state index in [-0.39, 0.29) is 18.4 Å². The van der Waals surface area contributed by atoms with Gasteiger partial charge < -0.3 is 10.6 Å².